The molecule has 0 saturated heterocycles. The number of hydrogen-bond acceptors (Lipinski definition) is 4. The summed E-state index contributed by atoms with van der Waals surface area (Å²) in [5, 5.41) is 14.0. The van der Waals surface area contributed by atoms with E-state index in [2.05, 4.69) is 5.10 Å². The van der Waals surface area contributed by atoms with E-state index >= 15 is 0 Å². The number of ether oxygens (including phenoxy) is 1. The normalized spacial score (nSPS) is 14.3. The Bertz CT molecular complexity index is 751. The molecule has 0 saturated carbocycles. The molecule has 0 fully saturated rings. The monoisotopic (exact) mass is 342 g/mol. The highest BCUT2D eigenvalue weighted by Gasteiger charge is 2.52. The molecule has 0 bridgehead atoms. The van der Waals surface area contributed by atoms with Gasteiger partial charge in [-0.15, -0.1) is 0 Å². The number of nitrogens with zero attached hydrogens (tertiary/aromatic N) is 2. The molecule has 24 heavy (non-hydrogen) atoms. The van der Waals surface area contributed by atoms with Crippen LogP contribution in [0.5, 0.6) is 0 Å². The van der Waals surface area contributed by atoms with Gasteiger partial charge in [0.25, 0.3) is 0 Å². The first kappa shape index (κ1) is 18.0. The number of aromatic nitrogens is 2. The molecule has 1 aromatic carbocycles. The highest BCUT2D eigenvalue weighted by Crippen LogP contribution is 2.40. The Labute approximate surface area is 136 Å². The lowest BCUT2D eigenvalue weighted by molar-refractivity contribution is -0.258. The van der Waals surface area contributed by atoms with Gasteiger partial charge in [-0.1, -0.05) is 18.2 Å². The quantitative estimate of drug-likeness (QED) is 0.867. The number of hydrogen-bond donors (Lipinski definition) is 1. The number of rotatable bonds is 4. The van der Waals surface area contributed by atoms with E-state index in [9.17, 15) is 23.1 Å². The van der Waals surface area contributed by atoms with Gasteiger partial charge in [0.05, 0.1) is 12.3 Å². The lowest BCUT2D eigenvalue weighted by Gasteiger charge is -2.28. The minimum atomic E-state index is -4.87. The first-order valence-electron chi connectivity index (χ1n) is 7.22. The van der Waals surface area contributed by atoms with Crippen LogP contribution >= 0.6 is 0 Å². The summed E-state index contributed by atoms with van der Waals surface area (Å²) in [5.41, 5.74) is -2.97. The van der Waals surface area contributed by atoms with Crippen LogP contribution in [0.1, 0.15) is 35.6 Å². The summed E-state index contributed by atoms with van der Waals surface area (Å²) < 4.78 is 45.6. The number of aliphatic hydroxyl groups is 1. The van der Waals surface area contributed by atoms with Crippen LogP contribution in [0.3, 0.4) is 0 Å². The molecule has 0 radical (unpaired) electrons. The highest BCUT2D eigenvalue weighted by atomic mass is 19.4. The Hall–Kier alpha value is -2.35. The molecule has 0 amide bonds. The summed E-state index contributed by atoms with van der Waals surface area (Å²) in [6, 6.07) is 6.90. The van der Waals surface area contributed by atoms with Crippen LogP contribution in [0, 0.1) is 6.92 Å². The molecule has 1 aromatic heterocycles. The summed E-state index contributed by atoms with van der Waals surface area (Å²) >= 11 is 0. The van der Waals surface area contributed by atoms with Gasteiger partial charge in [-0.25, -0.2) is 9.48 Å². The predicted octanol–water partition coefficient (Wildman–Crippen LogP) is 3.13. The van der Waals surface area contributed by atoms with Crippen LogP contribution in [0.2, 0.25) is 0 Å². The third kappa shape index (κ3) is 3.14. The van der Waals surface area contributed by atoms with Crippen LogP contribution in [-0.4, -0.2) is 33.6 Å². The molecule has 1 atom stereocenters. The number of alkyl halides is 3. The van der Waals surface area contributed by atoms with Crippen molar-refractivity contribution in [1.82, 2.24) is 9.78 Å². The molecule has 0 spiro atoms. The van der Waals surface area contributed by atoms with E-state index in [-0.39, 0.29) is 23.6 Å². The summed E-state index contributed by atoms with van der Waals surface area (Å²) in [6.07, 6.45) is -4.87. The SMILES string of the molecule is CCOC(=O)c1cc(C)n(-c2ccccc2C(C)(O)C(F)(F)F)n1. The van der Waals surface area contributed by atoms with Gasteiger partial charge in [0.2, 0.25) is 0 Å². The van der Waals surface area contributed by atoms with Gasteiger partial charge in [0.15, 0.2) is 11.3 Å². The van der Waals surface area contributed by atoms with Gasteiger partial charge >= 0.3 is 12.1 Å². The third-order valence-electron chi connectivity index (χ3n) is 3.58. The molecule has 2 rings (SSSR count). The van der Waals surface area contributed by atoms with Crippen LogP contribution in [0.4, 0.5) is 13.2 Å². The predicted molar refractivity (Wildman–Crippen MR) is 79.9 cm³/mol. The van der Waals surface area contributed by atoms with Crippen molar-refractivity contribution in [3.05, 3.63) is 47.3 Å². The van der Waals surface area contributed by atoms with Gasteiger partial charge in [-0.2, -0.15) is 18.3 Å². The number of carbonyl (C=O) groups excluding carboxylic acids is 1. The Morgan fingerprint density at radius 1 is 1.33 bits per heavy atom. The maximum absolute atomic E-state index is 13.2. The van der Waals surface area contributed by atoms with Gasteiger partial charge in [-0.05, 0) is 32.9 Å². The van der Waals surface area contributed by atoms with Gasteiger partial charge in [0.1, 0.15) is 0 Å². The van der Waals surface area contributed by atoms with Crippen molar-refractivity contribution >= 4 is 5.97 Å². The van der Waals surface area contributed by atoms with Crippen LogP contribution in [-0.2, 0) is 10.3 Å². The van der Waals surface area contributed by atoms with Crippen molar-refractivity contribution in [2.45, 2.75) is 32.5 Å². The fourth-order valence-electron chi connectivity index (χ4n) is 2.25. The minimum Gasteiger partial charge on any atom is -0.461 e. The summed E-state index contributed by atoms with van der Waals surface area (Å²) in [6.45, 7) is 4.06. The number of benzene rings is 1. The number of halogens is 3. The second-order valence-corrected chi connectivity index (χ2v) is 5.39. The van der Waals surface area contributed by atoms with Crippen molar-refractivity contribution in [2.75, 3.05) is 6.61 Å². The van der Waals surface area contributed by atoms with E-state index < -0.39 is 17.7 Å². The van der Waals surface area contributed by atoms with E-state index in [1.807, 2.05) is 0 Å². The van der Waals surface area contributed by atoms with Crippen molar-refractivity contribution < 1.29 is 27.8 Å². The van der Waals surface area contributed by atoms with Crippen LogP contribution in [0.25, 0.3) is 5.69 Å². The van der Waals surface area contributed by atoms with E-state index in [0.717, 1.165) is 0 Å². The Balaban J connectivity index is 2.58. The standard InChI is InChI=1S/C16H17F3N2O3/c1-4-24-14(22)12-9-10(2)21(20-12)13-8-6-5-7-11(13)15(3,23)16(17,18)19/h5-9,23H,4H2,1-3H3. The molecule has 2 aromatic rings. The van der Waals surface area contributed by atoms with Crippen molar-refractivity contribution in [3.8, 4) is 5.69 Å². The van der Waals surface area contributed by atoms with Gasteiger partial charge in [0, 0.05) is 11.3 Å². The topological polar surface area (TPSA) is 64.3 Å². The molecule has 130 valence electrons. The van der Waals surface area contributed by atoms with Crippen molar-refractivity contribution in [2.24, 2.45) is 0 Å². The molecule has 0 aliphatic rings. The van der Waals surface area contributed by atoms with Crippen molar-refractivity contribution in [1.29, 1.82) is 0 Å². The Morgan fingerprint density at radius 2 is 1.96 bits per heavy atom. The molecular weight excluding hydrogens is 325 g/mol. The second kappa shape index (κ2) is 6.27. The average molecular weight is 342 g/mol. The zero-order chi connectivity index (χ0) is 18.1. The van der Waals surface area contributed by atoms with E-state index in [0.29, 0.717) is 12.6 Å². The second-order valence-electron chi connectivity index (χ2n) is 5.39. The zero-order valence-corrected chi connectivity index (χ0v) is 13.4. The van der Waals surface area contributed by atoms with Gasteiger partial charge in [-0.3, -0.25) is 0 Å². The Morgan fingerprint density at radius 3 is 2.54 bits per heavy atom. The maximum Gasteiger partial charge on any atom is 0.421 e. The number of para-hydroxylation sites is 1. The number of aryl methyl sites for hydroxylation is 1. The molecule has 0 aliphatic carbocycles. The maximum atomic E-state index is 13.2. The molecule has 0 aliphatic heterocycles. The van der Waals surface area contributed by atoms with E-state index in [4.69, 9.17) is 4.74 Å². The lowest BCUT2D eigenvalue weighted by atomic mass is 9.93. The Kier molecular flexibility index (Phi) is 4.70. The molecule has 1 heterocycles. The summed E-state index contributed by atoms with van der Waals surface area (Å²) in [4.78, 5) is 11.8. The number of carbonyl (C=O) groups is 1. The summed E-state index contributed by atoms with van der Waals surface area (Å²) in [5.74, 6) is -0.667. The fourth-order valence-corrected chi connectivity index (χ4v) is 2.25. The fraction of sp³-hybridized carbons (Fsp3) is 0.375. The molecular formula is C16H17F3N2O3. The molecule has 1 N–H and O–H groups in total. The highest BCUT2D eigenvalue weighted by molar-refractivity contribution is 5.87. The smallest absolute Gasteiger partial charge is 0.421 e. The largest absolute Gasteiger partial charge is 0.461 e. The van der Waals surface area contributed by atoms with Crippen LogP contribution in [0.15, 0.2) is 30.3 Å². The minimum absolute atomic E-state index is 0.0178. The van der Waals surface area contributed by atoms with Crippen LogP contribution < -0.4 is 0 Å². The lowest BCUT2D eigenvalue weighted by Crippen LogP contribution is -2.40. The summed E-state index contributed by atoms with van der Waals surface area (Å²) in [7, 11) is 0. The molecule has 1 unspecified atom stereocenters. The van der Waals surface area contributed by atoms with E-state index in [1.165, 1.54) is 35.0 Å². The van der Waals surface area contributed by atoms with E-state index in [1.54, 1.807) is 13.8 Å². The first-order chi connectivity index (χ1) is 11.1. The third-order valence-corrected chi connectivity index (χ3v) is 3.58. The number of esters is 1. The molecule has 5 nitrogen and oxygen atoms in total. The van der Waals surface area contributed by atoms with Crippen molar-refractivity contribution in [3.63, 3.8) is 0 Å². The molecule has 8 heteroatoms. The first-order valence-corrected chi connectivity index (χ1v) is 7.22. The van der Waals surface area contributed by atoms with Gasteiger partial charge < -0.3 is 9.84 Å². The zero-order valence-electron chi connectivity index (χ0n) is 13.4. The average Bonchev–Trinajstić information content (AvgIpc) is 2.88.